The van der Waals surface area contributed by atoms with Crippen LogP contribution in [-0.2, 0) is 11.3 Å². The lowest BCUT2D eigenvalue weighted by Gasteiger charge is -2.35. The van der Waals surface area contributed by atoms with E-state index in [9.17, 15) is 9.59 Å². The fraction of sp³-hybridized carbons (Fsp3) is 0.286. The van der Waals surface area contributed by atoms with E-state index in [1.807, 2.05) is 35.9 Å². The molecule has 0 N–H and O–H groups in total. The molecule has 0 bridgehead atoms. The number of oxazole rings is 1. The van der Waals surface area contributed by atoms with Crippen molar-refractivity contribution in [2.24, 2.45) is 0 Å². The van der Waals surface area contributed by atoms with Crippen LogP contribution in [0.15, 0.2) is 58.0 Å². The molecule has 3 aromatic heterocycles. The Kier molecular flexibility index (Phi) is 4.73. The van der Waals surface area contributed by atoms with E-state index in [4.69, 9.17) is 4.42 Å². The van der Waals surface area contributed by atoms with Crippen molar-refractivity contribution >= 4 is 22.8 Å². The molecule has 0 radical (unpaired) electrons. The minimum absolute atomic E-state index is 0.0331. The highest BCUT2D eigenvalue weighted by molar-refractivity contribution is 5.79. The summed E-state index contributed by atoms with van der Waals surface area (Å²) in [6.07, 6.45) is 3.57. The van der Waals surface area contributed by atoms with Crippen molar-refractivity contribution in [3.63, 3.8) is 0 Å². The average molecular weight is 419 g/mol. The summed E-state index contributed by atoms with van der Waals surface area (Å²) < 4.78 is 8.46. The number of rotatable bonds is 4. The van der Waals surface area contributed by atoms with Crippen molar-refractivity contribution in [2.45, 2.75) is 13.5 Å². The normalized spacial score (nSPS) is 14.4. The van der Waals surface area contributed by atoms with Gasteiger partial charge in [0.25, 0.3) is 0 Å². The number of fused-ring (bicyclic) bond motifs is 1. The maximum atomic E-state index is 12.8. The standard InChI is InChI=1S/C21H21N7O3/c1-15-22-8-9-27(15)19-7-6-18(23-24-19)25-10-12-26(13-11-25)20(29)14-28-16-4-2-3-5-17(16)31-21(28)30/h2-9H,10-14H2,1H3. The summed E-state index contributed by atoms with van der Waals surface area (Å²) in [6, 6.07) is 10.9. The Morgan fingerprint density at radius 3 is 2.48 bits per heavy atom. The van der Waals surface area contributed by atoms with Crippen molar-refractivity contribution in [3.05, 3.63) is 65.2 Å². The van der Waals surface area contributed by atoms with Crippen molar-refractivity contribution in [1.29, 1.82) is 0 Å². The Balaban J connectivity index is 1.23. The van der Waals surface area contributed by atoms with Crippen molar-refractivity contribution in [1.82, 2.24) is 29.2 Å². The number of anilines is 1. The highest BCUT2D eigenvalue weighted by atomic mass is 16.4. The van der Waals surface area contributed by atoms with E-state index in [-0.39, 0.29) is 12.5 Å². The number of hydrogen-bond acceptors (Lipinski definition) is 7. The van der Waals surface area contributed by atoms with Gasteiger partial charge in [0, 0.05) is 38.6 Å². The van der Waals surface area contributed by atoms with Gasteiger partial charge in [0.2, 0.25) is 5.91 Å². The van der Waals surface area contributed by atoms with Crippen LogP contribution in [-0.4, -0.2) is 61.3 Å². The zero-order valence-electron chi connectivity index (χ0n) is 17.0. The van der Waals surface area contributed by atoms with Crippen LogP contribution in [0.4, 0.5) is 5.82 Å². The second-order valence-electron chi connectivity index (χ2n) is 7.38. The molecule has 1 fully saturated rings. The Bertz CT molecular complexity index is 1280. The Morgan fingerprint density at radius 1 is 1.03 bits per heavy atom. The number of aromatic nitrogens is 5. The molecule has 1 aromatic carbocycles. The van der Waals surface area contributed by atoms with Gasteiger partial charge in [-0.25, -0.2) is 9.78 Å². The van der Waals surface area contributed by atoms with Crippen LogP contribution < -0.4 is 10.7 Å². The van der Waals surface area contributed by atoms with Gasteiger partial charge in [-0.2, -0.15) is 0 Å². The predicted octanol–water partition coefficient (Wildman–Crippen LogP) is 1.23. The quantitative estimate of drug-likeness (QED) is 0.490. The van der Waals surface area contributed by atoms with Crippen LogP contribution in [0.25, 0.3) is 16.9 Å². The molecule has 4 heterocycles. The van der Waals surface area contributed by atoms with E-state index in [0.717, 1.165) is 11.6 Å². The predicted molar refractivity (Wildman–Crippen MR) is 113 cm³/mol. The largest absolute Gasteiger partial charge is 0.420 e. The molecule has 158 valence electrons. The van der Waals surface area contributed by atoms with Crippen molar-refractivity contribution in [2.75, 3.05) is 31.1 Å². The van der Waals surface area contributed by atoms with E-state index in [1.165, 1.54) is 4.57 Å². The molecule has 1 saturated heterocycles. The molecule has 4 aromatic rings. The monoisotopic (exact) mass is 419 g/mol. The van der Waals surface area contributed by atoms with Crippen molar-refractivity contribution in [3.8, 4) is 5.82 Å². The lowest BCUT2D eigenvalue weighted by atomic mass is 10.3. The van der Waals surface area contributed by atoms with Gasteiger partial charge in [-0.3, -0.25) is 13.9 Å². The fourth-order valence-electron chi connectivity index (χ4n) is 3.82. The van der Waals surface area contributed by atoms with E-state index in [0.29, 0.717) is 43.1 Å². The van der Waals surface area contributed by atoms with Crippen LogP contribution in [0, 0.1) is 6.92 Å². The molecule has 1 amide bonds. The molecule has 0 spiro atoms. The number of amides is 1. The highest BCUT2D eigenvalue weighted by Crippen LogP contribution is 2.16. The van der Waals surface area contributed by atoms with Gasteiger partial charge in [-0.1, -0.05) is 12.1 Å². The molecule has 0 saturated carbocycles. The molecular weight excluding hydrogens is 398 g/mol. The Labute approximate surface area is 177 Å². The Hall–Kier alpha value is -3.95. The maximum Gasteiger partial charge on any atom is 0.420 e. The second-order valence-corrected chi connectivity index (χ2v) is 7.38. The summed E-state index contributed by atoms with van der Waals surface area (Å²) in [5, 5.41) is 8.64. The third-order valence-corrected chi connectivity index (χ3v) is 5.53. The number of aryl methyl sites for hydroxylation is 1. The van der Waals surface area contributed by atoms with Gasteiger partial charge in [-0.05, 0) is 31.2 Å². The lowest BCUT2D eigenvalue weighted by molar-refractivity contribution is -0.132. The molecule has 5 rings (SSSR count). The second kappa shape index (κ2) is 7.71. The van der Waals surface area contributed by atoms with Gasteiger partial charge < -0.3 is 14.2 Å². The number of para-hydroxylation sites is 2. The van der Waals surface area contributed by atoms with Gasteiger partial charge in [-0.15, -0.1) is 10.2 Å². The third-order valence-electron chi connectivity index (χ3n) is 5.53. The SMILES string of the molecule is Cc1nccn1-c1ccc(N2CCN(C(=O)Cn3c(=O)oc4ccccc43)CC2)nn1. The molecule has 0 aliphatic carbocycles. The average Bonchev–Trinajstić information content (AvgIpc) is 3.37. The lowest BCUT2D eigenvalue weighted by Crippen LogP contribution is -2.50. The molecule has 10 heteroatoms. The number of carbonyl (C=O) groups excluding carboxylic acids is 1. The summed E-state index contributed by atoms with van der Waals surface area (Å²) in [7, 11) is 0. The smallest absolute Gasteiger partial charge is 0.408 e. The molecule has 0 unspecified atom stereocenters. The van der Waals surface area contributed by atoms with E-state index < -0.39 is 5.76 Å². The summed E-state index contributed by atoms with van der Waals surface area (Å²) >= 11 is 0. The van der Waals surface area contributed by atoms with Gasteiger partial charge in [0.15, 0.2) is 17.2 Å². The van der Waals surface area contributed by atoms with Crippen LogP contribution in [0.5, 0.6) is 0 Å². The maximum absolute atomic E-state index is 12.8. The summed E-state index contributed by atoms with van der Waals surface area (Å²) in [5.74, 6) is 1.71. The molecule has 10 nitrogen and oxygen atoms in total. The van der Waals surface area contributed by atoms with Crippen LogP contribution in [0.2, 0.25) is 0 Å². The number of benzene rings is 1. The number of hydrogen-bond donors (Lipinski definition) is 0. The minimum Gasteiger partial charge on any atom is -0.408 e. The van der Waals surface area contributed by atoms with E-state index >= 15 is 0 Å². The first-order valence-corrected chi connectivity index (χ1v) is 10.1. The molecule has 0 atom stereocenters. The summed E-state index contributed by atoms with van der Waals surface area (Å²) in [6.45, 7) is 4.26. The first-order chi connectivity index (χ1) is 15.1. The number of carbonyl (C=O) groups is 1. The molecule has 31 heavy (non-hydrogen) atoms. The minimum atomic E-state index is -0.517. The molecular formula is C21H21N7O3. The van der Waals surface area contributed by atoms with Gasteiger partial charge in [0.05, 0.1) is 5.52 Å². The Morgan fingerprint density at radius 2 is 1.77 bits per heavy atom. The van der Waals surface area contributed by atoms with E-state index in [1.54, 1.807) is 29.3 Å². The number of imidazole rings is 1. The number of nitrogens with zero attached hydrogens (tertiary/aromatic N) is 7. The van der Waals surface area contributed by atoms with Crippen LogP contribution in [0.1, 0.15) is 5.82 Å². The molecule has 1 aliphatic rings. The van der Waals surface area contributed by atoms with Crippen molar-refractivity contribution < 1.29 is 9.21 Å². The van der Waals surface area contributed by atoms with E-state index in [2.05, 4.69) is 20.1 Å². The fourth-order valence-corrected chi connectivity index (χ4v) is 3.82. The summed E-state index contributed by atoms with van der Waals surface area (Å²) in [4.78, 5) is 33.0. The third kappa shape index (κ3) is 3.56. The number of piperazine rings is 1. The van der Waals surface area contributed by atoms with Crippen LogP contribution >= 0.6 is 0 Å². The van der Waals surface area contributed by atoms with Gasteiger partial charge in [0.1, 0.15) is 12.4 Å². The zero-order valence-corrected chi connectivity index (χ0v) is 17.0. The van der Waals surface area contributed by atoms with Gasteiger partial charge >= 0.3 is 5.76 Å². The summed E-state index contributed by atoms with van der Waals surface area (Å²) in [5.41, 5.74) is 1.11. The molecule has 1 aliphatic heterocycles. The first-order valence-electron chi connectivity index (χ1n) is 10.1. The first kappa shape index (κ1) is 19.0. The zero-order chi connectivity index (χ0) is 21.4. The van der Waals surface area contributed by atoms with Crippen LogP contribution in [0.3, 0.4) is 0 Å². The topological polar surface area (TPSA) is 102 Å². The highest BCUT2D eigenvalue weighted by Gasteiger charge is 2.23.